The van der Waals surface area contributed by atoms with E-state index in [0.29, 0.717) is 0 Å². The van der Waals surface area contributed by atoms with Gasteiger partial charge in [-0.25, -0.2) is 0 Å². The van der Waals surface area contributed by atoms with Crippen LogP contribution in [-0.2, 0) is 13.1 Å². The van der Waals surface area contributed by atoms with Crippen LogP contribution in [0.15, 0.2) is 42.5 Å². The molecule has 0 bridgehead atoms. The van der Waals surface area contributed by atoms with Crippen molar-refractivity contribution >= 4 is 28.6 Å². The van der Waals surface area contributed by atoms with Crippen LogP contribution in [0.1, 0.15) is 11.1 Å². The van der Waals surface area contributed by atoms with Crippen LogP contribution in [0.4, 0.5) is 0 Å². The lowest BCUT2D eigenvalue weighted by atomic mass is 10.2. The van der Waals surface area contributed by atoms with E-state index in [1.54, 1.807) is 14.2 Å². The van der Waals surface area contributed by atoms with Crippen LogP contribution in [0.3, 0.4) is 0 Å². The molecule has 21 heavy (non-hydrogen) atoms. The number of rotatable bonds is 6. The Morgan fingerprint density at radius 1 is 0.857 bits per heavy atom. The van der Waals surface area contributed by atoms with Crippen LogP contribution in [0.5, 0.6) is 11.5 Å². The number of methoxy groups -OCH3 is 2. The van der Waals surface area contributed by atoms with Crippen molar-refractivity contribution in [1.82, 2.24) is 5.32 Å². The van der Waals surface area contributed by atoms with Gasteiger partial charge in [-0.1, -0.05) is 29.8 Å². The third kappa shape index (κ3) is 5.23. The highest BCUT2D eigenvalue weighted by molar-refractivity contribution is 8.93. The first-order chi connectivity index (χ1) is 9.72. The van der Waals surface area contributed by atoms with Crippen molar-refractivity contribution in [3.63, 3.8) is 0 Å². The maximum absolute atomic E-state index is 5.86. The van der Waals surface area contributed by atoms with E-state index in [1.807, 2.05) is 42.5 Å². The summed E-state index contributed by atoms with van der Waals surface area (Å²) < 4.78 is 10.5. The largest absolute Gasteiger partial charge is 0.493 e. The maximum atomic E-state index is 5.86. The molecule has 0 aliphatic rings. The Morgan fingerprint density at radius 3 is 2.05 bits per heavy atom. The summed E-state index contributed by atoms with van der Waals surface area (Å²) >= 11 is 5.86. The molecule has 2 aromatic carbocycles. The first-order valence-electron chi connectivity index (χ1n) is 6.39. The fourth-order valence-electron chi connectivity index (χ4n) is 1.94. The van der Waals surface area contributed by atoms with Gasteiger partial charge in [0.2, 0.25) is 0 Å². The summed E-state index contributed by atoms with van der Waals surface area (Å²) in [5.41, 5.74) is 2.35. The number of hydrogen-bond donors (Lipinski definition) is 1. The first kappa shape index (κ1) is 17.8. The van der Waals surface area contributed by atoms with Gasteiger partial charge in [-0.15, -0.1) is 17.0 Å². The second-order valence-electron chi connectivity index (χ2n) is 4.42. The summed E-state index contributed by atoms with van der Waals surface area (Å²) in [6, 6.07) is 13.7. The normalized spacial score (nSPS) is 9.86. The van der Waals surface area contributed by atoms with Crippen molar-refractivity contribution in [1.29, 1.82) is 0 Å². The van der Waals surface area contributed by atoms with E-state index >= 15 is 0 Å². The Kier molecular flexibility index (Phi) is 7.57. The van der Waals surface area contributed by atoms with Gasteiger partial charge < -0.3 is 14.8 Å². The molecule has 2 rings (SSSR count). The molecule has 0 heterocycles. The van der Waals surface area contributed by atoms with Crippen LogP contribution in [0.2, 0.25) is 5.02 Å². The lowest BCUT2D eigenvalue weighted by Crippen LogP contribution is -2.12. The van der Waals surface area contributed by atoms with Gasteiger partial charge in [0, 0.05) is 18.1 Å². The first-order valence-corrected chi connectivity index (χ1v) is 6.77. The second kappa shape index (κ2) is 8.93. The predicted molar refractivity (Wildman–Crippen MR) is 91.9 cm³/mol. The highest BCUT2D eigenvalue weighted by Gasteiger charge is 2.04. The molecule has 114 valence electrons. The number of ether oxygens (including phenoxy) is 2. The van der Waals surface area contributed by atoms with Crippen molar-refractivity contribution in [2.75, 3.05) is 14.2 Å². The smallest absolute Gasteiger partial charge is 0.161 e. The van der Waals surface area contributed by atoms with Gasteiger partial charge in [0.15, 0.2) is 11.5 Å². The molecule has 0 saturated carbocycles. The molecule has 2 aromatic rings. The molecule has 3 nitrogen and oxygen atoms in total. The van der Waals surface area contributed by atoms with Crippen molar-refractivity contribution in [2.24, 2.45) is 0 Å². The summed E-state index contributed by atoms with van der Waals surface area (Å²) in [6.45, 7) is 1.56. The van der Waals surface area contributed by atoms with Crippen LogP contribution >= 0.6 is 28.6 Å². The Hall–Kier alpha value is -1.23. The Morgan fingerprint density at radius 2 is 1.43 bits per heavy atom. The zero-order chi connectivity index (χ0) is 14.4. The van der Waals surface area contributed by atoms with E-state index in [2.05, 4.69) is 5.32 Å². The highest BCUT2D eigenvalue weighted by atomic mass is 79.9. The monoisotopic (exact) mass is 371 g/mol. The van der Waals surface area contributed by atoms with Crippen molar-refractivity contribution < 1.29 is 9.47 Å². The topological polar surface area (TPSA) is 30.5 Å². The molecule has 5 heteroatoms. The summed E-state index contributed by atoms with van der Waals surface area (Å²) in [7, 11) is 3.28. The summed E-state index contributed by atoms with van der Waals surface area (Å²) in [4.78, 5) is 0. The maximum Gasteiger partial charge on any atom is 0.161 e. The molecule has 0 fully saturated rings. The molecular formula is C16H19BrClNO2. The van der Waals surface area contributed by atoms with E-state index in [4.69, 9.17) is 21.1 Å². The van der Waals surface area contributed by atoms with Crippen molar-refractivity contribution in [3.8, 4) is 11.5 Å². The van der Waals surface area contributed by atoms with Crippen molar-refractivity contribution in [3.05, 3.63) is 58.6 Å². The average molecular weight is 373 g/mol. The standard InChI is InChI=1S/C16H18ClNO2.BrH/c1-19-15-8-5-13(9-16(15)20-2)11-18-10-12-3-6-14(17)7-4-12;/h3-9,18H,10-11H2,1-2H3;1H. The lowest BCUT2D eigenvalue weighted by Gasteiger charge is -2.10. The van der Waals surface area contributed by atoms with Crippen LogP contribution in [-0.4, -0.2) is 14.2 Å². The number of halogens is 2. The zero-order valence-corrected chi connectivity index (χ0v) is 14.5. The molecule has 1 N–H and O–H groups in total. The van der Waals surface area contributed by atoms with Crippen LogP contribution in [0, 0.1) is 0 Å². The highest BCUT2D eigenvalue weighted by Crippen LogP contribution is 2.27. The number of nitrogens with one attached hydrogen (secondary N) is 1. The minimum Gasteiger partial charge on any atom is -0.493 e. The molecular weight excluding hydrogens is 354 g/mol. The Bertz CT molecular complexity index is 561. The molecule has 0 amide bonds. The van der Waals surface area contributed by atoms with E-state index in [1.165, 1.54) is 5.56 Å². The van der Waals surface area contributed by atoms with Crippen LogP contribution < -0.4 is 14.8 Å². The van der Waals surface area contributed by atoms with Crippen molar-refractivity contribution in [2.45, 2.75) is 13.1 Å². The van der Waals surface area contributed by atoms with Crippen LogP contribution in [0.25, 0.3) is 0 Å². The third-order valence-corrected chi connectivity index (χ3v) is 3.27. The third-order valence-electron chi connectivity index (χ3n) is 3.02. The quantitative estimate of drug-likeness (QED) is 0.823. The molecule has 0 atom stereocenters. The molecule has 0 saturated heterocycles. The summed E-state index contributed by atoms with van der Waals surface area (Å²) in [6.07, 6.45) is 0. The predicted octanol–water partition coefficient (Wildman–Crippen LogP) is 4.22. The van der Waals surface area contributed by atoms with E-state index in [9.17, 15) is 0 Å². The van der Waals surface area contributed by atoms with Gasteiger partial charge in [0.1, 0.15) is 0 Å². The Labute approximate surface area is 141 Å². The number of hydrogen-bond acceptors (Lipinski definition) is 3. The fraction of sp³-hybridized carbons (Fsp3) is 0.250. The SMILES string of the molecule is Br.COc1ccc(CNCc2ccc(Cl)cc2)cc1OC. The van der Waals surface area contributed by atoms with Gasteiger partial charge in [0.05, 0.1) is 14.2 Å². The summed E-state index contributed by atoms with van der Waals surface area (Å²) in [5.74, 6) is 1.49. The van der Waals surface area contributed by atoms with E-state index in [0.717, 1.165) is 35.2 Å². The number of benzene rings is 2. The van der Waals surface area contributed by atoms with Gasteiger partial charge in [0.25, 0.3) is 0 Å². The molecule has 0 unspecified atom stereocenters. The fourth-order valence-corrected chi connectivity index (χ4v) is 2.07. The lowest BCUT2D eigenvalue weighted by molar-refractivity contribution is 0.354. The molecule has 0 radical (unpaired) electrons. The Balaban J connectivity index is 0.00000220. The van der Waals surface area contributed by atoms with E-state index in [-0.39, 0.29) is 17.0 Å². The summed E-state index contributed by atoms with van der Waals surface area (Å²) in [5, 5.41) is 4.14. The average Bonchev–Trinajstić information content (AvgIpc) is 2.49. The van der Waals surface area contributed by atoms with Gasteiger partial charge in [-0.3, -0.25) is 0 Å². The molecule has 0 aliphatic carbocycles. The van der Waals surface area contributed by atoms with Gasteiger partial charge in [-0.05, 0) is 35.4 Å². The minimum atomic E-state index is 0. The molecule has 0 aliphatic heterocycles. The van der Waals surface area contributed by atoms with E-state index < -0.39 is 0 Å². The molecule has 0 aromatic heterocycles. The zero-order valence-electron chi connectivity index (χ0n) is 12.1. The molecule has 0 spiro atoms. The minimum absolute atomic E-state index is 0. The second-order valence-corrected chi connectivity index (χ2v) is 4.86. The van der Waals surface area contributed by atoms with Gasteiger partial charge in [-0.2, -0.15) is 0 Å². The van der Waals surface area contributed by atoms with Gasteiger partial charge >= 0.3 is 0 Å².